The predicted octanol–water partition coefficient (Wildman–Crippen LogP) is 0.595. The Hall–Kier alpha value is -0.680. The molecule has 0 radical (unpaired) electrons. The summed E-state index contributed by atoms with van der Waals surface area (Å²) in [7, 11) is 0. The molecule has 3 N–H and O–H groups in total. The van der Waals surface area contributed by atoms with Crippen LogP contribution in [-0.4, -0.2) is 30.7 Å². The van der Waals surface area contributed by atoms with Crippen LogP contribution >= 0.6 is 12.2 Å². The first-order chi connectivity index (χ1) is 7.20. The summed E-state index contributed by atoms with van der Waals surface area (Å²) in [5.74, 6) is 0.170. The monoisotopic (exact) mass is 230 g/mol. The van der Waals surface area contributed by atoms with E-state index in [1.807, 2.05) is 0 Å². The number of ether oxygens (including phenoxy) is 1. The molecule has 5 heteroatoms. The quantitative estimate of drug-likeness (QED) is 0.518. The fourth-order valence-corrected chi connectivity index (χ4v) is 1.67. The average molecular weight is 230 g/mol. The number of carbonyl (C=O) groups is 1. The Bertz CT molecular complexity index is 227. The second kappa shape index (κ2) is 6.74. The lowest BCUT2D eigenvalue weighted by Crippen LogP contribution is -2.31. The van der Waals surface area contributed by atoms with Crippen LogP contribution < -0.4 is 11.1 Å². The van der Waals surface area contributed by atoms with E-state index in [2.05, 4.69) is 5.32 Å². The van der Waals surface area contributed by atoms with Gasteiger partial charge in [-0.2, -0.15) is 0 Å². The van der Waals surface area contributed by atoms with E-state index in [0.29, 0.717) is 24.7 Å². The molecule has 4 nitrogen and oxygen atoms in total. The predicted molar refractivity (Wildman–Crippen MR) is 62.6 cm³/mol. The minimum Gasteiger partial charge on any atom is -0.393 e. The summed E-state index contributed by atoms with van der Waals surface area (Å²) in [6.07, 6.45) is 3.48. The molecule has 0 aromatic rings. The molecule has 1 fully saturated rings. The molecule has 1 atom stereocenters. The second-order valence-electron chi connectivity index (χ2n) is 3.77. The van der Waals surface area contributed by atoms with E-state index in [9.17, 15) is 4.79 Å². The minimum absolute atomic E-state index is 0.0561. The highest BCUT2D eigenvalue weighted by molar-refractivity contribution is 7.80. The zero-order valence-electron chi connectivity index (χ0n) is 8.83. The van der Waals surface area contributed by atoms with Crippen LogP contribution in [0.4, 0.5) is 0 Å². The van der Waals surface area contributed by atoms with Gasteiger partial charge in [-0.25, -0.2) is 0 Å². The Balaban J connectivity index is 1.99. The van der Waals surface area contributed by atoms with Crippen molar-refractivity contribution in [2.24, 2.45) is 11.7 Å². The summed E-state index contributed by atoms with van der Waals surface area (Å²) in [5, 5.41) is 2.90. The number of amides is 1. The maximum atomic E-state index is 11.5. The molecule has 1 unspecified atom stereocenters. The lowest BCUT2D eigenvalue weighted by atomic mass is 10.1. The molecule has 0 bridgehead atoms. The van der Waals surface area contributed by atoms with Crippen molar-refractivity contribution in [3.8, 4) is 0 Å². The Labute approximate surface area is 95.5 Å². The maximum Gasteiger partial charge on any atom is 0.225 e. The Morgan fingerprint density at radius 3 is 2.93 bits per heavy atom. The number of nitrogens with two attached hydrogens (primary N) is 1. The lowest BCUT2D eigenvalue weighted by molar-refractivity contribution is -0.124. The van der Waals surface area contributed by atoms with E-state index >= 15 is 0 Å². The molecular weight excluding hydrogens is 212 g/mol. The van der Waals surface area contributed by atoms with Crippen molar-refractivity contribution in [3.05, 3.63) is 0 Å². The SMILES string of the molecule is NC(=S)CCCCNC(=O)C1CCOC1. The van der Waals surface area contributed by atoms with Crippen LogP contribution in [0.3, 0.4) is 0 Å². The Kier molecular flexibility index (Phi) is 5.57. The van der Waals surface area contributed by atoms with Crippen molar-refractivity contribution in [2.75, 3.05) is 19.8 Å². The smallest absolute Gasteiger partial charge is 0.225 e. The first-order valence-electron chi connectivity index (χ1n) is 5.34. The summed E-state index contributed by atoms with van der Waals surface area (Å²) in [6.45, 7) is 1.98. The van der Waals surface area contributed by atoms with Gasteiger partial charge in [0.05, 0.1) is 17.5 Å². The molecule has 1 aliphatic rings. The van der Waals surface area contributed by atoms with Gasteiger partial charge in [0.15, 0.2) is 0 Å². The van der Waals surface area contributed by atoms with E-state index in [1.165, 1.54) is 0 Å². The van der Waals surface area contributed by atoms with E-state index in [0.717, 1.165) is 25.7 Å². The molecule has 86 valence electrons. The largest absolute Gasteiger partial charge is 0.393 e. The topological polar surface area (TPSA) is 64.3 Å². The standard InChI is InChI=1S/C10H18N2O2S/c11-9(15)3-1-2-5-12-10(13)8-4-6-14-7-8/h8H,1-7H2,(H2,11,15)(H,12,13). The molecule has 0 aromatic carbocycles. The zero-order chi connectivity index (χ0) is 11.1. The molecule has 1 amide bonds. The first-order valence-corrected chi connectivity index (χ1v) is 5.74. The molecule has 1 heterocycles. The number of nitrogens with one attached hydrogen (secondary N) is 1. The van der Waals surface area contributed by atoms with Gasteiger partial charge in [-0.15, -0.1) is 0 Å². The highest BCUT2D eigenvalue weighted by Gasteiger charge is 2.22. The highest BCUT2D eigenvalue weighted by Crippen LogP contribution is 2.11. The fourth-order valence-electron chi connectivity index (χ4n) is 1.52. The molecule has 0 aromatic heterocycles. The summed E-state index contributed by atoms with van der Waals surface area (Å²) in [6, 6.07) is 0. The number of rotatable bonds is 6. The van der Waals surface area contributed by atoms with Crippen LogP contribution in [0.2, 0.25) is 0 Å². The van der Waals surface area contributed by atoms with Crippen LogP contribution in [-0.2, 0) is 9.53 Å². The van der Waals surface area contributed by atoms with Crippen molar-refractivity contribution in [2.45, 2.75) is 25.7 Å². The normalized spacial score (nSPS) is 20.1. The van der Waals surface area contributed by atoms with E-state index < -0.39 is 0 Å². The lowest BCUT2D eigenvalue weighted by Gasteiger charge is -2.08. The van der Waals surface area contributed by atoms with Crippen molar-refractivity contribution in [1.29, 1.82) is 0 Å². The Morgan fingerprint density at radius 2 is 2.33 bits per heavy atom. The van der Waals surface area contributed by atoms with E-state index in [1.54, 1.807) is 0 Å². The Morgan fingerprint density at radius 1 is 1.53 bits per heavy atom. The van der Waals surface area contributed by atoms with Gasteiger partial charge < -0.3 is 15.8 Å². The molecule has 0 saturated carbocycles. The van der Waals surface area contributed by atoms with Gasteiger partial charge in [0.25, 0.3) is 0 Å². The van der Waals surface area contributed by atoms with Gasteiger partial charge in [-0.1, -0.05) is 12.2 Å². The molecule has 1 aliphatic heterocycles. The minimum atomic E-state index is 0.0561. The molecule has 0 spiro atoms. The second-order valence-corrected chi connectivity index (χ2v) is 4.30. The van der Waals surface area contributed by atoms with Crippen LogP contribution in [0.25, 0.3) is 0 Å². The van der Waals surface area contributed by atoms with Gasteiger partial charge in [0, 0.05) is 13.2 Å². The summed E-state index contributed by atoms with van der Waals surface area (Å²) < 4.78 is 5.14. The summed E-state index contributed by atoms with van der Waals surface area (Å²) >= 11 is 4.76. The van der Waals surface area contributed by atoms with Crippen LogP contribution in [0.5, 0.6) is 0 Å². The maximum absolute atomic E-state index is 11.5. The third-order valence-electron chi connectivity index (χ3n) is 2.45. The van der Waals surface area contributed by atoms with Gasteiger partial charge in [0.1, 0.15) is 0 Å². The number of unbranched alkanes of at least 4 members (excludes halogenated alkanes) is 1. The number of hydrogen-bond donors (Lipinski definition) is 2. The van der Waals surface area contributed by atoms with Crippen LogP contribution in [0, 0.1) is 5.92 Å². The van der Waals surface area contributed by atoms with Gasteiger partial charge in [-0.05, 0) is 25.7 Å². The molecule has 1 rings (SSSR count). The van der Waals surface area contributed by atoms with Crippen LogP contribution in [0.15, 0.2) is 0 Å². The number of hydrogen-bond acceptors (Lipinski definition) is 3. The fraction of sp³-hybridized carbons (Fsp3) is 0.800. The van der Waals surface area contributed by atoms with Gasteiger partial charge in [0.2, 0.25) is 5.91 Å². The zero-order valence-corrected chi connectivity index (χ0v) is 9.65. The van der Waals surface area contributed by atoms with E-state index in [-0.39, 0.29) is 11.8 Å². The van der Waals surface area contributed by atoms with Gasteiger partial charge in [-0.3, -0.25) is 4.79 Å². The van der Waals surface area contributed by atoms with Crippen molar-refractivity contribution >= 4 is 23.1 Å². The molecule has 0 aliphatic carbocycles. The van der Waals surface area contributed by atoms with Crippen molar-refractivity contribution < 1.29 is 9.53 Å². The van der Waals surface area contributed by atoms with Crippen molar-refractivity contribution in [1.82, 2.24) is 5.32 Å². The number of thiocarbonyl (C=S) groups is 1. The number of carbonyl (C=O) groups excluding carboxylic acids is 1. The summed E-state index contributed by atoms with van der Waals surface area (Å²) in [5.41, 5.74) is 5.36. The average Bonchev–Trinajstić information content (AvgIpc) is 2.69. The van der Waals surface area contributed by atoms with Crippen molar-refractivity contribution in [3.63, 3.8) is 0 Å². The summed E-state index contributed by atoms with van der Waals surface area (Å²) in [4.78, 5) is 12.0. The third kappa shape index (κ3) is 5.09. The molecule has 15 heavy (non-hydrogen) atoms. The van der Waals surface area contributed by atoms with Crippen LogP contribution in [0.1, 0.15) is 25.7 Å². The molecule has 1 saturated heterocycles. The van der Waals surface area contributed by atoms with E-state index in [4.69, 9.17) is 22.7 Å². The first kappa shape index (κ1) is 12.4. The molecular formula is C10H18N2O2S. The highest BCUT2D eigenvalue weighted by atomic mass is 32.1. The third-order valence-corrected chi connectivity index (χ3v) is 2.65. The van der Waals surface area contributed by atoms with Gasteiger partial charge >= 0.3 is 0 Å².